The van der Waals surface area contributed by atoms with Gasteiger partial charge in [0.2, 0.25) is 0 Å². The third-order valence-corrected chi connectivity index (χ3v) is 4.68. The second-order valence-corrected chi connectivity index (χ2v) is 6.50. The molecule has 0 fully saturated rings. The highest BCUT2D eigenvalue weighted by Crippen LogP contribution is 2.29. The number of likely N-dealkylation sites (N-methyl/N-ethyl adjacent to an activating group) is 1. The number of rotatable bonds is 7. The van der Waals surface area contributed by atoms with E-state index < -0.39 is 0 Å². The molecule has 0 aromatic heterocycles. The lowest BCUT2D eigenvalue weighted by Gasteiger charge is -2.20. The molecule has 2 aromatic rings. The fourth-order valence-corrected chi connectivity index (χ4v) is 3.25. The van der Waals surface area contributed by atoms with Gasteiger partial charge < -0.3 is 15.0 Å². The van der Waals surface area contributed by atoms with Gasteiger partial charge in [-0.3, -0.25) is 4.79 Å². The van der Waals surface area contributed by atoms with Gasteiger partial charge in [-0.25, -0.2) is 0 Å². The first-order chi connectivity index (χ1) is 12.2. The van der Waals surface area contributed by atoms with Crippen LogP contribution in [0, 0.1) is 0 Å². The van der Waals surface area contributed by atoms with Crippen molar-refractivity contribution in [1.29, 1.82) is 0 Å². The topological polar surface area (TPSA) is 41.6 Å². The minimum absolute atomic E-state index is 0.0742. The predicted octanol–water partition coefficient (Wildman–Crippen LogP) is 3.20. The van der Waals surface area contributed by atoms with Gasteiger partial charge in [0.1, 0.15) is 5.75 Å². The van der Waals surface area contributed by atoms with E-state index in [0.29, 0.717) is 6.54 Å². The first-order valence-electron chi connectivity index (χ1n) is 9.00. The van der Waals surface area contributed by atoms with E-state index in [1.165, 1.54) is 24.0 Å². The summed E-state index contributed by atoms with van der Waals surface area (Å²) in [6.07, 6.45) is 4.61. The number of aryl methyl sites for hydroxylation is 1. The van der Waals surface area contributed by atoms with E-state index in [1.54, 1.807) is 0 Å². The molecule has 1 aliphatic carbocycles. The molecular formula is C21H26N2O2. The number of carbonyl (C=O) groups is 1. The molecular weight excluding hydrogens is 312 g/mol. The Morgan fingerprint density at radius 1 is 1.08 bits per heavy atom. The van der Waals surface area contributed by atoms with Gasteiger partial charge in [-0.2, -0.15) is 0 Å². The summed E-state index contributed by atoms with van der Waals surface area (Å²) in [6.45, 7) is 1.43. The van der Waals surface area contributed by atoms with Gasteiger partial charge in [0.05, 0.1) is 0 Å². The molecule has 4 heteroatoms. The van der Waals surface area contributed by atoms with Crippen LogP contribution in [0.1, 0.15) is 24.0 Å². The number of nitrogens with zero attached hydrogens (tertiary/aromatic N) is 1. The van der Waals surface area contributed by atoms with Crippen LogP contribution in [-0.2, 0) is 17.6 Å². The van der Waals surface area contributed by atoms with Crippen LogP contribution in [0.25, 0.3) is 0 Å². The first-order valence-corrected chi connectivity index (χ1v) is 9.00. The molecule has 3 rings (SSSR count). The fourth-order valence-electron chi connectivity index (χ4n) is 3.25. The summed E-state index contributed by atoms with van der Waals surface area (Å²) in [5, 5.41) is 2.93. The summed E-state index contributed by atoms with van der Waals surface area (Å²) >= 11 is 0. The SMILES string of the molecule is CN(CCNC(=O)COc1cccc2c1CCCC2)c1ccccc1. The molecule has 25 heavy (non-hydrogen) atoms. The molecule has 4 nitrogen and oxygen atoms in total. The van der Waals surface area contributed by atoms with Crippen molar-refractivity contribution < 1.29 is 9.53 Å². The number of para-hydroxylation sites is 1. The predicted molar refractivity (Wildman–Crippen MR) is 101 cm³/mol. The first kappa shape index (κ1) is 17.3. The lowest BCUT2D eigenvalue weighted by atomic mass is 9.91. The highest BCUT2D eigenvalue weighted by Gasteiger charge is 2.14. The Balaban J connectivity index is 1.43. The quantitative estimate of drug-likeness (QED) is 0.843. The molecule has 132 valence electrons. The Morgan fingerprint density at radius 2 is 1.88 bits per heavy atom. The fraction of sp³-hybridized carbons (Fsp3) is 0.381. The summed E-state index contributed by atoms with van der Waals surface area (Å²) in [6, 6.07) is 16.3. The molecule has 0 heterocycles. The summed E-state index contributed by atoms with van der Waals surface area (Å²) in [5.41, 5.74) is 3.79. The van der Waals surface area contributed by atoms with Crippen molar-refractivity contribution in [2.24, 2.45) is 0 Å². The number of ether oxygens (including phenoxy) is 1. The van der Waals surface area contributed by atoms with Gasteiger partial charge in [-0.1, -0.05) is 30.3 Å². The number of hydrogen-bond donors (Lipinski definition) is 1. The molecule has 0 radical (unpaired) electrons. The minimum Gasteiger partial charge on any atom is -0.483 e. The highest BCUT2D eigenvalue weighted by atomic mass is 16.5. The number of fused-ring (bicyclic) bond motifs is 1. The Bertz CT molecular complexity index is 700. The maximum Gasteiger partial charge on any atom is 0.258 e. The zero-order chi connectivity index (χ0) is 17.5. The second kappa shape index (κ2) is 8.56. The molecule has 0 saturated heterocycles. The van der Waals surface area contributed by atoms with Crippen molar-refractivity contribution in [2.75, 3.05) is 31.6 Å². The molecule has 2 aromatic carbocycles. The Kier molecular flexibility index (Phi) is 5.94. The minimum atomic E-state index is -0.0742. The van der Waals surface area contributed by atoms with Gasteiger partial charge >= 0.3 is 0 Å². The smallest absolute Gasteiger partial charge is 0.258 e. The van der Waals surface area contributed by atoms with Crippen LogP contribution in [0.3, 0.4) is 0 Å². The molecule has 0 bridgehead atoms. The van der Waals surface area contributed by atoms with Gasteiger partial charge in [0, 0.05) is 25.8 Å². The van der Waals surface area contributed by atoms with Gasteiger partial charge in [0.25, 0.3) is 5.91 Å². The van der Waals surface area contributed by atoms with Crippen LogP contribution < -0.4 is 15.0 Å². The van der Waals surface area contributed by atoms with Gasteiger partial charge in [0.15, 0.2) is 6.61 Å². The summed E-state index contributed by atoms with van der Waals surface area (Å²) in [7, 11) is 2.02. The Labute approximate surface area is 149 Å². The van der Waals surface area contributed by atoms with E-state index in [-0.39, 0.29) is 12.5 Å². The zero-order valence-electron chi connectivity index (χ0n) is 14.8. The third kappa shape index (κ3) is 4.75. The Hall–Kier alpha value is -2.49. The lowest BCUT2D eigenvalue weighted by Crippen LogP contribution is -2.35. The van der Waals surface area contributed by atoms with E-state index in [9.17, 15) is 4.79 Å². The molecule has 0 saturated carbocycles. The number of hydrogen-bond acceptors (Lipinski definition) is 3. The maximum absolute atomic E-state index is 12.0. The van der Waals surface area contributed by atoms with Crippen molar-refractivity contribution in [3.8, 4) is 5.75 Å². The monoisotopic (exact) mass is 338 g/mol. The van der Waals surface area contributed by atoms with Crippen molar-refractivity contribution in [1.82, 2.24) is 5.32 Å². The zero-order valence-corrected chi connectivity index (χ0v) is 14.8. The van der Waals surface area contributed by atoms with Crippen LogP contribution in [0.5, 0.6) is 5.75 Å². The molecule has 0 unspecified atom stereocenters. The molecule has 1 N–H and O–H groups in total. The average Bonchev–Trinajstić information content (AvgIpc) is 2.67. The van der Waals surface area contributed by atoms with Crippen molar-refractivity contribution in [2.45, 2.75) is 25.7 Å². The van der Waals surface area contributed by atoms with Crippen LogP contribution in [-0.4, -0.2) is 32.7 Å². The molecule has 1 aliphatic rings. The number of benzene rings is 2. The highest BCUT2D eigenvalue weighted by molar-refractivity contribution is 5.77. The summed E-state index contributed by atoms with van der Waals surface area (Å²) in [4.78, 5) is 14.2. The third-order valence-electron chi connectivity index (χ3n) is 4.68. The van der Waals surface area contributed by atoms with E-state index in [2.05, 4.69) is 28.4 Å². The standard InChI is InChI=1S/C21H26N2O2/c1-23(18-10-3-2-4-11-18)15-14-22-21(24)16-25-20-13-7-9-17-8-5-6-12-19(17)20/h2-4,7,9-11,13H,5-6,8,12,14-16H2,1H3,(H,22,24). The number of nitrogens with one attached hydrogen (secondary N) is 1. The van der Waals surface area contributed by atoms with E-state index in [0.717, 1.165) is 30.8 Å². The van der Waals surface area contributed by atoms with Crippen molar-refractivity contribution in [3.63, 3.8) is 0 Å². The summed E-state index contributed by atoms with van der Waals surface area (Å²) < 4.78 is 5.78. The molecule has 1 amide bonds. The van der Waals surface area contributed by atoms with E-state index >= 15 is 0 Å². The van der Waals surface area contributed by atoms with Crippen LogP contribution in [0.15, 0.2) is 48.5 Å². The van der Waals surface area contributed by atoms with Crippen molar-refractivity contribution >= 4 is 11.6 Å². The molecule has 0 aliphatic heterocycles. The second-order valence-electron chi connectivity index (χ2n) is 6.50. The van der Waals surface area contributed by atoms with E-state index in [1.807, 2.05) is 37.4 Å². The van der Waals surface area contributed by atoms with Crippen molar-refractivity contribution in [3.05, 3.63) is 59.7 Å². The Morgan fingerprint density at radius 3 is 2.72 bits per heavy atom. The van der Waals surface area contributed by atoms with Crippen LogP contribution in [0.2, 0.25) is 0 Å². The lowest BCUT2D eigenvalue weighted by molar-refractivity contribution is -0.123. The number of anilines is 1. The maximum atomic E-state index is 12.0. The normalized spacial score (nSPS) is 13.0. The molecule has 0 spiro atoms. The van der Waals surface area contributed by atoms with Crippen LogP contribution >= 0.6 is 0 Å². The van der Waals surface area contributed by atoms with Gasteiger partial charge in [-0.05, 0) is 55.0 Å². The molecule has 0 atom stereocenters. The summed E-state index contributed by atoms with van der Waals surface area (Å²) in [5.74, 6) is 0.795. The number of carbonyl (C=O) groups excluding carboxylic acids is 1. The average molecular weight is 338 g/mol. The van der Waals surface area contributed by atoms with Gasteiger partial charge in [-0.15, -0.1) is 0 Å². The number of amides is 1. The van der Waals surface area contributed by atoms with E-state index in [4.69, 9.17) is 4.74 Å². The largest absolute Gasteiger partial charge is 0.483 e. The van der Waals surface area contributed by atoms with Crippen LogP contribution in [0.4, 0.5) is 5.69 Å².